The van der Waals surface area contributed by atoms with Gasteiger partial charge in [-0.3, -0.25) is 4.79 Å². The summed E-state index contributed by atoms with van der Waals surface area (Å²) in [6.45, 7) is 3.78. The highest BCUT2D eigenvalue weighted by Crippen LogP contribution is 2.23. The lowest BCUT2D eigenvalue weighted by atomic mass is 9.99. The molecule has 1 aliphatic heterocycles. The highest BCUT2D eigenvalue weighted by molar-refractivity contribution is 5.76. The Balaban J connectivity index is 2.04. The number of hydrogen-bond acceptors (Lipinski definition) is 8. The number of aliphatic hydroxyl groups excluding tert-OH is 5. The van der Waals surface area contributed by atoms with E-state index in [1.54, 1.807) is 6.08 Å². The van der Waals surface area contributed by atoms with E-state index in [9.17, 15) is 30.3 Å². The van der Waals surface area contributed by atoms with Gasteiger partial charge < -0.3 is 40.3 Å². The standard InChI is InChI=1S/C62H117NO8/c1-3-5-7-9-11-13-15-16-17-18-19-20-21-22-23-24-25-26-27-28-29-30-31-32-33-34-35-36-37-38-39-40-42-44-46-48-50-52-58(66)63-55(54-70-62-61(69)60(68)59(67)57(53-64)71-62)56(65)51-49-47-45-43-41-14-12-10-8-6-4-2/h23-24,26-27,49,51,55-57,59-62,64-65,67-69H,3-22,25,28-48,50,52-54H2,1-2H3,(H,63,66)/b24-23-,27-26-,51-49+. The van der Waals surface area contributed by atoms with Gasteiger partial charge in [-0.05, 0) is 51.4 Å². The highest BCUT2D eigenvalue weighted by atomic mass is 16.7. The second-order valence-corrected chi connectivity index (χ2v) is 21.5. The van der Waals surface area contributed by atoms with Crippen molar-refractivity contribution in [3.63, 3.8) is 0 Å². The van der Waals surface area contributed by atoms with Crippen molar-refractivity contribution in [3.8, 4) is 0 Å². The van der Waals surface area contributed by atoms with Crippen LogP contribution < -0.4 is 5.32 Å². The Morgan fingerprint density at radius 1 is 0.479 bits per heavy atom. The minimum absolute atomic E-state index is 0.175. The summed E-state index contributed by atoms with van der Waals surface area (Å²) in [5.74, 6) is -0.175. The molecule has 1 aliphatic rings. The maximum atomic E-state index is 13.0. The van der Waals surface area contributed by atoms with Crippen molar-refractivity contribution in [2.45, 2.75) is 339 Å². The molecule has 0 bridgehead atoms. The van der Waals surface area contributed by atoms with E-state index in [0.717, 1.165) is 44.9 Å². The van der Waals surface area contributed by atoms with Gasteiger partial charge in [0.25, 0.3) is 0 Å². The summed E-state index contributed by atoms with van der Waals surface area (Å²) in [7, 11) is 0. The van der Waals surface area contributed by atoms with E-state index >= 15 is 0 Å². The number of carbonyl (C=O) groups is 1. The summed E-state index contributed by atoms with van der Waals surface area (Å²) < 4.78 is 11.2. The molecule has 0 aromatic carbocycles. The summed E-state index contributed by atoms with van der Waals surface area (Å²) >= 11 is 0. The molecule has 1 heterocycles. The van der Waals surface area contributed by atoms with Crippen LogP contribution in [0.2, 0.25) is 0 Å². The van der Waals surface area contributed by atoms with Crippen molar-refractivity contribution in [1.29, 1.82) is 0 Å². The molecule has 1 rings (SSSR count). The molecule has 7 unspecified atom stereocenters. The average molecular weight is 1000 g/mol. The normalized spacial score (nSPS) is 19.5. The maximum absolute atomic E-state index is 13.0. The van der Waals surface area contributed by atoms with Gasteiger partial charge in [0.1, 0.15) is 24.4 Å². The lowest BCUT2D eigenvalue weighted by Crippen LogP contribution is -2.60. The summed E-state index contributed by atoms with van der Waals surface area (Å²) in [5, 5.41) is 54.3. The minimum atomic E-state index is -1.56. The smallest absolute Gasteiger partial charge is 0.220 e. The van der Waals surface area contributed by atoms with Crippen molar-refractivity contribution in [2.75, 3.05) is 13.2 Å². The van der Waals surface area contributed by atoms with Gasteiger partial charge in [-0.2, -0.15) is 0 Å². The van der Waals surface area contributed by atoms with Gasteiger partial charge in [-0.15, -0.1) is 0 Å². The number of amides is 1. The second kappa shape index (κ2) is 51.9. The van der Waals surface area contributed by atoms with Crippen LogP contribution in [0, 0.1) is 0 Å². The third-order valence-corrected chi connectivity index (χ3v) is 14.7. The van der Waals surface area contributed by atoms with Crippen LogP contribution in [-0.2, 0) is 14.3 Å². The molecule has 1 saturated heterocycles. The summed E-state index contributed by atoms with van der Waals surface area (Å²) in [6.07, 6.45) is 61.1. The maximum Gasteiger partial charge on any atom is 0.220 e. The summed E-state index contributed by atoms with van der Waals surface area (Å²) in [4.78, 5) is 13.0. The van der Waals surface area contributed by atoms with Crippen LogP contribution in [0.25, 0.3) is 0 Å². The van der Waals surface area contributed by atoms with Crippen molar-refractivity contribution in [1.82, 2.24) is 5.32 Å². The van der Waals surface area contributed by atoms with Gasteiger partial charge in [0, 0.05) is 6.42 Å². The van der Waals surface area contributed by atoms with E-state index in [1.165, 1.54) is 231 Å². The van der Waals surface area contributed by atoms with Gasteiger partial charge in [-0.1, -0.05) is 275 Å². The number of carbonyl (C=O) groups excluding carboxylic acids is 1. The first-order valence-corrected chi connectivity index (χ1v) is 30.7. The number of rotatable bonds is 53. The molecule has 0 aliphatic carbocycles. The van der Waals surface area contributed by atoms with Gasteiger partial charge in [-0.25, -0.2) is 0 Å². The zero-order chi connectivity index (χ0) is 51.5. The largest absolute Gasteiger partial charge is 0.394 e. The molecule has 7 atom stereocenters. The fourth-order valence-electron chi connectivity index (χ4n) is 9.84. The molecular weight excluding hydrogens is 887 g/mol. The molecule has 9 heteroatoms. The first-order valence-electron chi connectivity index (χ1n) is 30.7. The average Bonchev–Trinajstić information content (AvgIpc) is 3.37. The number of nitrogens with one attached hydrogen (secondary N) is 1. The Hall–Kier alpha value is -1.59. The molecule has 0 spiro atoms. The van der Waals surface area contributed by atoms with Crippen LogP contribution >= 0.6 is 0 Å². The molecule has 0 aromatic heterocycles. The zero-order valence-electron chi connectivity index (χ0n) is 46.5. The van der Waals surface area contributed by atoms with Crippen molar-refractivity contribution in [3.05, 3.63) is 36.5 Å². The van der Waals surface area contributed by atoms with Crippen LogP contribution in [0.4, 0.5) is 0 Å². The third-order valence-electron chi connectivity index (χ3n) is 14.7. The van der Waals surface area contributed by atoms with Gasteiger partial charge >= 0.3 is 0 Å². The molecule has 9 nitrogen and oxygen atoms in total. The fourth-order valence-corrected chi connectivity index (χ4v) is 9.84. The predicted octanol–water partition coefficient (Wildman–Crippen LogP) is 15.5. The molecule has 0 aromatic rings. The van der Waals surface area contributed by atoms with E-state index in [2.05, 4.69) is 43.5 Å². The Labute approximate surface area is 438 Å². The first kappa shape index (κ1) is 67.4. The van der Waals surface area contributed by atoms with Crippen LogP contribution in [0.5, 0.6) is 0 Å². The van der Waals surface area contributed by atoms with E-state index in [1.807, 2.05) is 6.08 Å². The molecule has 71 heavy (non-hydrogen) atoms. The fraction of sp³-hybridized carbons (Fsp3) is 0.887. The van der Waals surface area contributed by atoms with Crippen molar-refractivity contribution >= 4 is 5.91 Å². The molecule has 418 valence electrons. The molecule has 0 radical (unpaired) electrons. The van der Waals surface area contributed by atoms with E-state index < -0.39 is 49.5 Å². The van der Waals surface area contributed by atoms with E-state index in [-0.39, 0.29) is 12.5 Å². The Bertz CT molecular complexity index is 1210. The quantitative estimate of drug-likeness (QED) is 0.0261. The Morgan fingerprint density at radius 2 is 0.831 bits per heavy atom. The van der Waals surface area contributed by atoms with Gasteiger partial charge in [0.2, 0.25) is 5.91 Å². The van der Waals surface area contributed by atoms with Crippen molar-refractivity contribution < 1.29 is 39.8 Å². The topological polar surface area (TPSA) is 149 Å². The number of allylic oxidation sites excluding steroid dienone is 5. The highest BCUT2D eigenvalue weighted by Gasteiger charge is 2.44. The van der Waals surface area contributed by atoms with E-state index in [0.29, 0.717) is 6.42 Å². The van der Waals surface area contributed by atoms with Crippen LogP contribution in [0.15, 0.2) is 36.5 Å². The van der Waals surface area contributed by atoms with Crippen molar-refractivity contribution in [2.24, 2.45) is 0 Å². The van der Waals surface area contributed by atoms with Crippen LogP contribution in [0.3, 0.4) is 0 Å². The monoisotopic (exact) mass is 1000 g/mol. The van der Waals surface area contributed by atoms with Crippen LogP contribution in [0.1, 0.15) is 296 Å². The van der Waals surface area contributed by atoms with Gasteiger partial charge in [0.15, 0.2) is 6.29 Å². The third kappa shape index (κ3) is 41.4. The minimum Gasteiger partial charge on any atom is -0.394 e. The second-order valence-electron chi connectivity index (χ2n) is 21.5. The number of hydrogen-bond donors (Lipinski definition) is 6. The Morgan fingerprint density at radius 3 is 1.21 bits per heavy atom. The zero-order valence-corrected chi connectivity index (χ0v) is 46.5. The first-order chi connectivity index (χ1) is 34.8. The van der Waals surface area contributed by atoms with Gasteiger partial charge in [0.05, 0.1) is 25.4 Å². The number of ether oxygens (including phenoxy) is 2. The number of aliphatic hydroxyl groups is 5. The lowest BCUT2D eigenvalue weighted by molar-refractivity contribution is -0.302. The molecular formula is C62H117NO8. The Kier molecular flexibility index (Phi) is 49.3. The molecule has 0 saturated carbocycles. The molecule has 6 N–H and O–H groups in total. The van der Waals surface area contributed by atoms with Crippen LogP contribution in [-0.4, -0.2) is 87.5 Å². The SMILES string of the molecule is CCCCCCCCCCC/C=C/C(O)C(COC1OC(CO)C(O)C(O)C1O)NC(=O)CCCCCCCCCCCCCCCCCCC/C=C\C/C=C\CCCCCCCCCCCCCCC. The van der Waals surface area contributed by atoms with E-state index in [4.69, 9.17) is 9.47 Å². The number of unbranched alkanes of at least 4 members (excludes halogenated alkanes) is 39. The molecule has 1 amide bonds. The lowest BCUT2D eigenvalue weighted by Gasteiger charge is -2.40. The molecule has 1 fully saturated rings. The summed E-state index contributed by atoms with van der Waals surface area (Å²) in [6, 6.07) is -0.802. The predicted molar refractivity (Wildman–Crippen MR) is 300 cm³/mol. The summed E-state index contributed by atoms with van der Waals surface area (Å²) in [5.41, 5.74) is 0.